The van der Waals surface area contributed by atoms with Gasteiger partial charge in [0.2, 0.25) is 15.9 Å². The normalized spacial score (nSPS) is 19.9. The molecule has 0 bridgehead atoms. The molecule has 5 nitrogen and oxygen atoms in total. The van der Waals surface area contributed by atoms with Gasteiger partial charge in [0.15, 0.2) is 0 Å². The number of benzene rings is 1. The number of piperidine rings is 1. The summed E-state index contributed by atoms with van der Waals surface area (Å²) in [6.07, 6.45) is 1.44. The molecule has 0 spiro atoms. The van der Waals surface area contributed by atoms with Crippen LogP contribution in [0.15, 0.2) is 17.0 Å². The lowest BCUT2D eigenvalue weighted by atomic mass is 9.99. The number of nitrogens with zero attached hydrogens (tertiary/aromatic N) is 1. The van der Waals surface area contributed by atoms with Gasteiger partial charge in [-0.15, -0.1) is 0 Å². The van der Waals surface area contributed by atoms with Crippen molar-refractivity contribution in [1.29, 1.82) is 0 Å². The lowest BCUT2D eigenvalue weighted by Crippen LogP contribution is -2.45. The van der Waals surface area contributed by atoms with E-state index < -0.39 is 10.0 Å². The summed E-state index contributed by atoms with van der Waals surface area (Å²) in [7, 11) is -1.97. The molecule has 1 aromatic rings. The Morgan fingerprint density at radius 3 is 2.36 bits per heavy atom. The first-order valence-electron chi connectivity index (χ1n) is 7.57. The van der Waals surface area contributed by atoms with E-state index in [9.17, 15) is 13.2 Å². The molecule has 122 valence electrons. The molecule has 1 fully saturated rings. The van der Waals surface area contributed by atoms with E-state index in [0.717, 1.165) is 23.1 Å². The zero-order chi connectivity index (χ0) is 16.5. The fourth-order valence-corrected chi connectivity index (χ4v) is 5.22. The average molecular weight is 324 g/mol. The van der Waals surface area contributed by atoms with E-state index in [1.165, 1.54) is 4.31 Å². The number of nitrogens with one attached hydrogen (secondary N) is 1. The number of aryl methyl sites for hydroxylation is 3. The Balaban J connectivity index is 2.37. The Morgan fingerprint density at radius 2 is 1.82 bits per heavy atom. The molecular formula is C16H24N2O3S. The summed E-state index contributed by atoms with van der Waals surface area (Å²) in [6, 6.07) is 3.78. The van der Waals surface area contributed by atoms with Crippen LogP contribution in [0.2, 0.25) is 0 Å². The van der Waals surface area contributed by atoms with Crippen molar-refractivity contribution in [2.75, 3.05) is 20.1 Å². The van der Waals surface area contributed by atoms with Crippen LogP contribution in [0.1, 0.15) is 29.5 Å². The van der Waals surface area contributed by atoms with Gasteiger partial charge in [0, 0.05) is 20.1 Å². The predicted octanol–water partition coefficient (Wildman–Crippen LogP) is 1.76. The largest absolute Gasteiger partial charge is 0.359 e. The molecule has 1 heterocycles. The zero-order valence-corrected chi connectivity index (χ0v) is 14.5. The van der Waals surface area contributed by atoms with E-state index in [1.54, 1.807) is 7.05 Å². The first-order chi connectivity index (χ1) is 10.3. The first kappa shape index (κ1) is 17.0. The van der Waals surface area contributed by atoms with Crippen LogP contribution >= 0.6 is 0 Å². The van der Waals surface area contributed by atoms with Crippen molar-refractivity contribution in [3.05, 3.63) is 28.8 Å². The molecule has 2 rings (SSSR count). The Morgan fingerprint density at radius 1 is 1.23 bits per heavy atom. The Kier molecular flexibility index (Phi) is 4.92. The molecule has 1 aliphatic heterocycles. The van der Waals surface area contributed by atoms with E-state index in [2.05, 4.69) is 5.32 Å². The average Bonchev–Trinajstić information content (AvgIpc) is 2.45. The van der Waals surface area contributed by atoms with Gasteiger partial charge in [0.25, 0.3) is 0 Å². The van der Waals surface area contributed by atoms with Crippen LogP contribution in [0.3, 0.4) is 0 Å². The molecule has 1 aromatic carbocycles. The van der Waals surface area contributed by atoms with Crippen molar-refractivity contribution in [2.45, 2.75) is 38.5 Å². The second-order valence-corrected chi connectivity index (χ2v) is 7.92. The number of hydrogen-bond acceptors (Lipinski definition) is 3. The minimum absolute atomic E-state index is 0.0859. The topological polar surface area (TPSA) is 66.5 Å². The number of amides is 1. The SMILES string of the molecule is CNC(=O)[C@@H]1CCCN(S(=O)(=O)c2c(C)cc(C)cc2C)C1. The van der Waals surface area contributed by atoms with Gasteiger partial charge >= 0.3 is 0 Å². The highest BCUT2D eigenvalue weighted by Gasteiger charge is 2.34. The van der Waals surface area contributed by atoms with Gasteiger partial charge in [0.05, 0.1) is 10.8 Å². The third-order valence-electron chi connectivity index (χ3n) is 4.20. The van der Waals surface area contributed by atoms with Crippen LogP contribution in [-0.4, -0.2) is 38.8 Å². The van der Waals surface area contributed by atoms with Crippen molar-refractivity contribution in [1.82, 2.24) is 9.62 Å². The molecule has 1 saturated heterocycles. The maximum absolute atomic E-state index is 13.0. The first-order valence-corrected chi connectivity index (χ1v) is 9.01. The highest BCUT2D eigenvalue weighted by Crippen LogP contribution is 2.28. The maximum atomic E-state index is 13.0. The molecule has 1 atom stereocenters. The van der Waals surface area contributed by atoms with Gasteiger partial charge in [-0.1, -0.05) is 17.7 Å². The van der Waals surface area contributed by atoms with Gasteiger partial charge in [-0.25, -0.2) is 8.42 Å². The highest BCUT2D eigenvalue weighted by molar-refractivity contribution is 7.89. The van der Waals surface area contributed by atoms with Gasteiger partial charge in [-0.3, -0.25) is 4.79 Å². The molecule has 0 aromatic heterocycles. The molecule has 1 aliphatic rings. The van der Waals surface area contributed by atoms with E-state index in [0.29, 0.717) is 17.9 Å². The third kappa shape index (κ3) is 3.17. The highest BCUT2D eigenvalue weighted by atomic mass is 32.2. The summed E-state index contributed by atoms with van der Waals surface area (Å²) >= 11 is 0. The number of rotatable bonds is 3. The lowest BCUT2D eigenvalue weighted by Gasteiger charge is -2.31. The van der Waals surface area contributed by atoms with E-state index >= 15 is 0 Å². The molecule has 0 aliphatic carbocycles. The molecule has 0 radical (unpaired) electrons. The molecule has 1 amide bonds. The number of hydrogen-bond donors (Lipinski definition) is 1. The molecule has 22 heavy (non-hydrogen) atoms. The summed E-state index contributed by atoms with van der Waals surface area (Å²) in [4.78, 5) is 12.2. The van der Waals surface area contributed by atoms with Crippen LogP contribution in [0.4, 0.5) is 0 Å². The molecule has 0 saturated carbocycles. The van der Waals surface area contributed by atoms with Crippen molar-refractivity contribution >= 4 is 15.9 Å². The van der Waals surface area contributed by atoms with Crippen LogP contribution in [-0.2, 0) is 14.8 Å². The maximum Gasteiger partial charge on any atom is 0.243 e. The molecular weight excluding hydrogens is 300 g/mol. The van der Waals surface area contributed by atoms with Crippen molar-refractivity contribution in [3.63, 3.8) is 0 Å². The van der Waals surface area contributed by atoms with Gasteiger partial charge in [-0.05, 0) is 44.7 Å². The lowest BCUT2D eigenvalue weighted by molar-refractivity contribution is -0.125. The van der Waals surface area contributed by atoms with Crippen LogP contribution < -0.4 is 5.32 Å². The van der Waals surface area contributed by atoms with Crippen molar-refractivity contribution < 1.29 is 13.2 Å². The van der Waals surface area contributed by atoms with Gasteiger partial charge < -0.3 is 5.32 Å². The smallest absolute Gasteiger partial charge is 0.243 e. The Bertz CT molecular complexity index is 660. The van der Waals surface area contributed by atoms with Gasteiger partial charge in [-0.2, -0.15) is 4.31 Å². The summed E-state index contributed by atoms with van der Waals surface area (Å²) in [5.41, 5.74) is 2.58. The Hall–Kier alpha value is -1.40. The Labute approximate surface area is 132 Å². The fourth-order valence-electron chi connectivity index (χ4n) is 3.28. The fraction of sp³-hybridized carbons (Fsp3) is 0.562. The molecule has 1 N–H and O–H groups in total. The number of sulfonamides is 1. The second kappa shape index (κ2) is 6.38. The standard InChI is InChI=1S/C16H24N2O3S/c1-11-8-12(2)15(13(3)9-11)22(20,21)18-7-5-6-14(10-18)16(19)17-4/h8-9,14H,5-7,10H2,1-4H3,(H,17,19)/t14-/m1/s1. The van der Waals surface area contributed by atoms with E-state index in [1.807, 2.05) is 32.9 Å². The van der Waals surface area contributed by atoms with Crippen LogP contribution in [0.25, 0.3) is 0 Å². The van der Waals surface area contributed by atoms with E-state index in [4.69, 9.17) is 0 Å². The summed E-state index contributed by atoms with van der Waals surface area (Å²) in [5.74, 6) is -0.350. The van der Waals surface area contributed by atoms with Gasteiger partial charge in [0.1, 0.15) is 0 Å². The predicted molar refractivity (Wildman–Crippen MR) is 86.2 cm³/mol. The minimum Gasteiger partial charge on any atom is -0.359 e. The monoisotopic (exact) mass is 324 g/mol. The van der Waals surface area contributed by atoms with E-state index in [-0.39, 0.29) is 18.4 Å². The zero-order valence-electron chi connectivity index (χ0n) is 13.6. The third-order valence-corrected chi connectivity index (χ3v) is 6.38. The van der Waals surface area contributed by atoms with Crippen LogP contribution in [0.5, 0.6) is 0 Å². The number of carbonyl (C=O) groups excluding carboxylic acids is 1. The summed E-state index contributed by atoms with van der Waals surface area (Å²) in [6.45, 7) is 6.34. The quantitative estimate of drug-likeness (QED) is 0.921. The minimum atomic E-state index is -3.56. The van der Waals surface area contributed by atoms with Crippen molar-refractivity contribution in [2.24, 2.45) is 5.92 Å². The molecule has 6 heteroatoms. The summed E-state index contributed by atoms with van der Waals surface area (Å²) < 4.78 is 27.4. The van der Waals surface area contributed by atoms with Crippen LogP contribution in [0, 0.1) is 26.7 Å². The second-order valence-electron chi connectivity index (χ2n) is 6.04. The molecule has 0 unspecified atom stereocenters. The number of carbonyl (C=O) groups is 1. The van der Waals surface area contributed by atoms with Crippen molar-refractivity contribution in [3.8, 4) is 0 Å². The summed E-state index contributed by atoms with van der Waals surface area (Å²) in [5, 5.41) is 2.62.